The minimum Gasteiger partial charge on any atom is -0.427 e. The summed E-state index contributed by atoms with van der Waals surface area (Å²) in [6, 6.07) is 0. The Bertz CT molecular complexity index is 94.4. The molecule has 1 unspecified atom stereocenters. The summed E-state index contributed by atoms with van der Waals surface area (Å²) in [5, 5.41) is 0. The van der Waals surface area contributed by atoms with Crippen LogP contribution in [0.3, 0.4) is 0 Å². The van der Waals surface area contributed by atoms with E-state index in [-0.39, 0.29) is 0 Å². The van der Waals surface area contributed by atoms with E-state index in [1.807, 2.05) is 6.92 Å². The van der Waals surface area contributed by atoms with Crippen molar-refractivity contribution < 1.29 is 19.0 Å². The Morgan fingerprint density at radius 1 is 1.45 bits per heavy atom. The predicted molar refractivity (Wildman–Crippen MR) is 38.7 cm³/mol. The van der Waals surface area contributed by atoms with Crippen LogP contribution in [-0.2, 0) is 19.0 Å². The lowest BCUT2D eigenvalue weighted by molar-refractivity contribution is -0.101. The van der Waals surface area contributed by atoms with Gasteiger partial charge in [-0.15, -0.1) is 0 Å². The van der Waals surface area contributed by atoms with Crippen molar-refractivity contribution in [2.45, 2.75) is 19.6 Å². The molecule has 11 heavy (non-hydrogen) atoms. The van der Waals surface area contributed by atoms with Gasteiger partial charge in [-0.05, 0) is 0 Å². The van der Waals surface area contributed by atoms with Gasteiger partial charge in [0.1, 0.15) is 0 Å². The molecule has 1 atom stereocenters. The molecule has 0 aliphatic rings. The molecule has 65 valence electrons. The maximum atomic E-state index is 9.75. The van der Waals surface area contributed by atoms with Gasteiger partial charge in [0.05, 0.1) is 13.2 Å². The van der Waals surface area contributed by atoms with Crippen molar-refractivity contribution in [1.29, 1.82) is 0 Å². The number of rotatable bonds is 7. The van der Waals surface area contributed by atoms with Gasteiger partial charge in [-0.3, -0.25) is 0 Å². The van der Waals surface area contributed by atoms with E-state index >= 15 is 0 Å². The maximum absolute atomic E-state index is 9.75. The molecular weight excluding hydrogens is 148 g/mol. The zero-order chi connectivity index (χ0) is 8.53. The van der Waals surface area contributed by atoms with E-state index in [0.29, 0.717) is 19.6 Å². The molecule has 0 rings (SSSR count). The van der Waals surface area contributed by atoms with Crippen LogP contribution in [0.25, 0.3) is 0 Å². The summed E-state index contributed by atoms with van der Waals surface area (Å²) < 4.78 is 14.3. The lowest BCUT2D eigenvalue weighted by Crippen LogP contribution is -2.17. The Balaban J connectivity index is 3.27. The van der Waals surface area contributed by atoms with Crippen LogP contribution in [0.4, 0.5) is 0 Å². The second-order valence-corrected chi connectivity index (χ2v) is 1.90. The highest BCUT2D eigenvalue weighted by Crippen LogP contribution is 1.97. The van der Waals surface area contributed by atoms with Gasteiger partial charge in [0.2, 0.25) is 6.29 Å². The number of carbonyl (C=O) groups excluding carboxylic acids is 1. The first kappa shape index (κ1) is 10.4. The second-order valence-electron chi connectivity index (χ2n) is 1.90. The average Bonchev–Trinajstić information content (AvgIpc) is 2.03. The molecule has 0 spiro atoms. The first-order valence-corrected chi connectivity index (χ1v) is 3.48. The third kappa shape index (κ3) is 5.82. The van der Waals surface area contributed by atoms with E-state index in [0.717, 1.165) is 0 Å². The van der Waals surface area contributed by atoms with Crippen molar-refractivity contribution in [2.75, 3.05) is 20.3 Å². The molecule has 0 amide bonds. The number of methoxy groups -OCH3 is 1. The van der Waals surface area contributed by atoms with Gasteiger partial charge in [0.15, 0.2) is 0 Å². The van der Waals surface area contributed by atoms with Crippen molar-refractivity contribution >= 4 is 6.47 Å². The molecule has 0 heterocycles. The largest absolute Gasteiger partial charge is 0.427 e. The van der Waals surface area contributed by atoms with Crippen molar-refractivity contribution in [3.05, 3.63) is 0 Å². The minimum absolute atomic E-state index is 0.427. The van der Waals surface area contributed by atoms with Crippen LogP contribution < -0.4 is 0 Å². The standard InChI is InChI=1S/C7H13O4/c1-3-7(11-6-8)10-5-4-9-2/h7H,3-5H2,1-2H3. The predicted octanol–water partition coefficient (Wildman–Crippen LogP) is 0.469. The maximum Gasteiger partial charge on any atom is 0.419 e. The first-order chi connectivity index (χ1) is 5.35. The summed E-state index contributed by atoms with van der Waals surface area (Å²) in [6.07, 6.45) is 0.140. The lowest BCUT2D eigenvalue weighted by Gasteiger charge is -2.12. The monoisotopic (exact) mass is 161 g/mol. The third-order valence-electron chi connectivity index (χ3n) is 1.10. The van der Waals surface area contributed by atoms with Gasteiger partial charge < -0.3 is 14.2 Å². The summed E-state index contributed by atoms with van der Waals surface area (Å²) in [5.74, 6) is 0. The van der Waals surface area contributed by atoms with Gasteiger partial charge in [-0.1, -0.05) is 6.92 Å². The van der Waals surface area contributed by atoms with Crippen molar-refractivity contribution in [2.24, 2.45) is 0 Å². The molecule has 0 aliphatic heterocycles. The van der Waals surface area contributed by atoms with E-state index in [1.54, 1.807) is 7.11 Å². The van der Waals surface area contributed by atoms with E-state index in [1.165, 1.54) is 6.47 Å². The second kappa shape index (κ2) is 7.50. The molecule has 4 nitrogen and oxygen atoms in total. The summed E-state index contributed by atoms with van der Waals surface area (Å²) in [5.41, 5.74) is 0. The average molecular weight is 161 g/mol. The molecule has 0 aromatic carbocycles. The lowest BCUT2D eigenvalue weighted by atomic mass is 10.5. The van der Waals surface area contributed by atoms with Crippen LogP contribution in [-0.4, -0.2) is 33.1 Å². The Morgan fingerprint density at radius 2 is 2.18 bits per heavy atom. The molecule has 0 aromatic heterocycles. The molecule has 0 aliphatic carbocycles. The van der Waals surface area contributed by atoms with Crippen LogP contribution in [0.5, 0.6) is 0 Å². The van der Waals surface area contributed by atoms with Gasteiger partial charge in [-0.25, -0.2) is 4.79 Å². The molecule has 0 N–H and O–H groups in total. The highest BCUT2D eigenvalue weighted by molar-refractivity contribution is 5.38. The van der Waals surface area contributed by atoms with Crippen LogP contribution in [0.15, 0.2) is 0 Å². The molecule has 4 heteroatoms. The number of hydrogen-bond acceptors (Lipinski definition) is 4. The van der Waals surface area contributed by atoms with Crippen molar-refractivity contribution in [3.63, 3.8) is 0 Å². The topological polar surface area (TPSA) is 44.8 Å². The Labute approximate surface area is 66.4 Å². The molecule has 0 saturated heterocycles. The summed E-state index contributed by atoms with van der Waals surface area (Å²) in [7, 11) is 1.58. The zero-order valence-corrected chi connectivity index (χ0v) is 6.83. The first-order valence-electron chi connectivity index (χ1n) is 3.48. The smallest absolute Gasteiger partial charge is 0.419 e. The Morgan fingerprint density at radius 3 is 2.64 bits per heavy atom. The number of ether oxygens (including phenoxy) is 3. The van der Waals surface area contributed by atoms with Crippen LogP contribution >= 0.6 is 0 Å². The fourth-order valence-electron chi connectivity index (χ4n) is 0.552. The van der Waals surface area contributed by atoms with Gasteiger partial charge in [0, 0.05) is 13.5 Å². The van der Waals surface area contributed by atoms with E-state index < -0.39 is 6.29 Å². The van der Waals surface area contributed by atoms with Crippen molar-refractivity contribution in [3.8, 4) is 0 Å². The summed E-state index contributed by atoms with van der Waals surface area (Å²) in [6.45, 7) is 4.11. The minimum atomic E-state index is -0.484. The summed E-state index contributed by atoms with van der Waals surface area (Å²) in [4.78, 5) is 9.75. The quantitative estimate of drug-likeness (QED) is 0.402. The highest BCUT2D eigenvalue weighted by Gasteiger charge is 2.05. The van der Waals surface area contributed by atoms with Crippen LogP contribution in [0.1, 0.15) is 13.3 Å². The summed E-state index contributed by atoms with van der Waals surface area (Å²) >= 11 is 0. The van der Waals surface area contributed by atoms with Crippen molar-refractivity contribution in [1.82, 2.24) is 0 Å². The van der Waals surface area contributed by atoms with E-state index in [2.05, 4.69) is 4.74 Å². The molecule has 0 fully saturated rings. The SMILES string of the molecule is CCC(O[C]=O)OCCOC. The molecule has 0 aromatic rings. The Kier molecular flexibility index (Phi) is 7.08. The zero-order valence-electron chi connectivity index (χ0n) is 6.83. The highest BCUT2D eigenvalue weighted by atomic mass is 16.7. The third-order valence-corrected chi connectivity index (χ3v) is 1.10. The van der Waals surface area contributed by atoms with Gasteiger partial charge in [0.25, 0.3) is 0 Å². The van der Waals surface area contributed by atoms with Gasteiger partial charge >= 0.3 is 6.47 Å². The fourth-order valence-corrected chi connectivity index (χ4v) is 0.552. The van der Waals surface area contributed by atoms with Crippen LogP contribution in [0, 0.1) is 0 Å². The fraction of sp³-hybridized carbons (Fsp3) is 0.857. The van der Waals surface area contributed by atoms with E-state index in [4.69, 9.17) is 9.47 Å². The molecule has 1 radical (unpaired) electrons. The van der Waals surface area contributed by atoms with E-state index in [9.17, 15) is 4.79 Å². The van der Waals surface area contributed by atoms with Gasteiger partial charge in [-0.2, -0.15) is 0 Å². The molecule has 0 bridgehead atoms. The van der Waals surface area contributed by atoms with Crippen LogP contribution in [0.2, 0.25) is 0 Å². The molecule has 0 saturated carbocycles. The number of hydrogen-bond donors (Lipinski definition) is 0. The molecular formula is C7H13O4. The normalized spacial score (nSPS) is 12.5. The Hall–Kier alpha value is -0.610.